The zero-order chi connectivity index (χ0) is 18.4. The average molecular weight is 342 g/mol. The molecule has 2 aromatic rings. The monoisotopic (exact) mass is 342 g/mol. The van der Waals surface area contributed by atoms with Crippen LogP contribution in [0.4, 0.5) is 5.69 Å². The summed E-state index contributed by atoms with van der Waals surface area (Å²) in [6.07, 6.45) is 3.39. The van der Waals surface area contributed by atoms with Crippen LogP contribution in [0.5, 0.6) is 0 Å². The molecule has 1 aromatic heterocycles. The van der Waals surface area contributed by atoms with Gasteiger partial charge in [-0.25, -0.2) is 0 Å². The number of rotatable bonds is 7. The van der Waals surface area contributed by atoms with Gasteiger partial charge in [-0.1, -0.05) is 0 Å². The van der Waals surface area contributed by atoms with Gasteiger partial charge in [0.15, 0.2) is 0 Å². The maximum Gasteiger partial charge on any atom is 0.272 e. The van der Waals surface area contributed by atoms with E-state index in [1.54, 1.807) is 30.3 Å². The van der Waals surface area contributed by atoms with E-state index < -0.39 is 4.92 Å². The number of nitrogens with zero attached hydrogens (tertiary/aromatic N) is 4. The number of aryl methyl sites for hydroxylation is 1. The number of aromatic nitrogens is 1. The number of hydrogen-bond donors (Lipinski definition) is 0. The first kappa shape index (κ1) is 18.5. The second-order valence-electron chi connectivity index (χ2n) is 6.14. The van der Waals surface area contributed by atoms with Crippen molar-refractivity contribution < 1.29 is 9.72 Å². The highest BCUT2D eigenvalue weighted by molar-refractivity contribution is 5.94. The molecule has 0 spiro atoms. The van der Waals surface area contributed by atoms with Gasteiger partial charge in [0, 0.05) is 49.2 Å². The van der Waals surface area contributed by atoms with E-state index in [-0.39, 0.29) is 11.6 Å². The number of nitro groups is 1. The van der Waals surface area contributed by atoms with Crippen LogP contribution >= 0.6 is 0 Å². The number of amides is 1. The van der Waals surface area contributed by atoms with Crippen LogP contribution in [0.25, 0.3) is 0 Å². The Morgan fingerprint density at radius 1 is 1.16 bits per heavy atom. The van der Waals surface area contributed by atoms with Gasteiger partial charge in [-0.05, 0) is 50.8 Å². The molecule has 25 heavy (non-hydrogen) atoms. The molecule has 0 bridgehead atoms. The molecule has 132 valence electrons. The van der Waals surface area contributed by atoms with E-state index >= 15 is 0 Å². The quantitative estimate of drug-likeness (QED) is 0.570. The number of likely N-dealkylation sites (N-methyl/N-ethyl adjacent to an activating group) is 1. The first-order chi connectivity index (χ1) is 11.9. The molecule has 7 heteroatoms. The van der Waals surface area contributed by atoms with Crippen LogP contribution in [-0.2, 0) is 6.54 Å². The molecule has 0 unspecified atom stereocenters. The van der Waals surface area contributed by atoms with E-state index in [4.69, 9.17) is 0 Å². The number of hydrogen-bond acceptors (Lipinski definition) is 5. The van der Waals surface area contributed by atoms with Gasteiger partial charge in [0.1, 0.15) is 0 Å². The molecule has 0 radical (unpaired) electrons. The maximum absolute atomic E-state index is 12.9. The number of carbonyl (C=O) groups excluding carboxylic acids is 1. The van der Waals surface area contributed by atoms with Gasteiger partial charge in [0.05, 0.1) is 4.92 Å². The molecule has 0 atom stereocenters. The van der Waals surface area contributed by atoms with Gasteiger partial charge in [-0.2, -0.15) is 0 Å². The highest BCUT2D eigenvalue weighted by Gasteiger charge is 2.19. The minimum Gasteiger partial charge on any atom is -0.333 e. The first-order valence-electron chi connectivity index (χ1n) is 7.96. The van der Waals surface area contributed by atoms with E-state index in [0.717, 1.165) is 12.1 Å². The highest BCUT2D eigenvalue weighted by Crippen LogP contribution is 2.20. The van der Waals surface area contributed by atoms with Crippen LogP contribution in [-0.4, -0.2) is 52.8 Å². The van der Waals surface area contributed by atoms with Crippen molar-refractivity contribution in [2.45, 2.75) is 13.5 Å². The van der Waals surface area contributed by atoms with E-state index in [1.165, 1.54) is 12.1 Å². The van der Waals surface area contributed by atoms with Gasteiger partial charge in [-0.3, -0.25) is 19.9 Å². The Hall–Kier alpha value is -2.80. The lowest BCUT2D eigenvalue weighted by Gasteiger charge is -2.25. The molecule has 2 rings (SSSR count). The summed E-state index contributed by atoms with van der Waals surface area (Å²) in [4.78, 5) is 31.2. The predicted octanol–water partition coefficient (Wildman–Crippen LogP) is 2.50. The fraction of sp³-hybridized carbons (Fsp3) is 0.333. The summed E-state index contributed by atoms with van der Waals surface area (Å²) < 4.78 is 0. The normalized spacial score (nSPS) is 10.7. The van der Waals surface area contributed by atoms with Crippen LogP contribution in [0.1, 0.15) is 21.5 Å². The number of pyridine rings is 1. The Kier molecular flexibility index (Phi) is 6.19. The van der Waals surface area contributed by atoms with E-state index in [0.29, 0.717) is 24.2 Å². The predicted molar refractivity (Wildman–Crippen MR) is 95.4 cm³/mol. The highest BCUT2D eigenvalue weighted by atomic mass is 16.6. The Morgan fingerprint density at radius 3 is 2.40 bits per heavy atom. The zero-order valence-electron chi connectivity index (χ0n) is 14.7. The van der Waals surface area contributed by atoms with Gasteiger partial charge in [0.25, 0.3) is 11.6 Å². The summed E-state index contributed by atoms with van der Waals surface area (Å²) in [7, 11) is 3.90. The van der Waals surface area contributed by atoms with Gasteiger partial charge in [-0.15, -0.1) is 0 Å². The molecule has 0 saturated carbocycles. The third-order valence-electron chi connectivity index (χ3n) is 3.87. The van der Waals surface area contributed by atoms with Gasteiger partial charge >= 0.3 is 0 Å². The van der Waals surface area contributed by atoms with Crippen molar-refractivity contribution in [2.24, 2.45) is 0 Å². The Labute approximate surface area is 147 Å². The standard InChI is InChI=1S/C18H22N4O3/c1-14-12-16(4-5-17(14)22(24)25)18(23)21(11-10-20(2)3)13-15-6-8-19-9-7-15/h4-9,12H,10-11,13H2,1-3H3. The number of carbonyl (C=O) groups is 1. The first-order valence-corrected chi connectivity index (χ1v) is 7.96. The molecule has 0 saturated heterocycles. The zero-order valence-corrected chi connectivity index (χ0v) is 14.7. The summed E-state index contributed by atoms with van der Waals surface area (Å²) >= 11 is 0. The summed E-state index contributed by atoms with van der Waals surface area (Å²) in [6.45, 7) is 3.39. The van der Waals surface area contributed by atoms with Crippen LogP contribution in [0.15, 0.2) is 42.7 Å². The molecule has 0 fully saturated rings. The van der Waals surface area contributed by atoms with Crippen LogP contribution in [0, 0.1) is 17.0 Å². The molecule has 0 N–H and O–H groups in total. The Bertz CT molecular complexity index is 747. The van der Waals surface area contributed by atoms with E-state index in [9.17, 15) is 14.9 Å². The molecule has 0 aliphatic rings. The van der Waals surface area contributed by atoms with Gasteiger partial charge in [0.2, 0.25) is 0 Å². The van der Waals surface area contributed by atoms with Gasteiger partial charge < -0.3 is 9.80 Å². The van der Waals surface area contributed by atoms with Crippen molar-refractivity contribution in [1.82, 2.24) is 14.8 Å². The molecular weight excluding hydrogens is 320 g/mol. The van der Waals surface area contributed by atoms with E-state index in [1.807, 2.05) is 31.1 Å². The van der Waals surface area contributed by atoms with Crippen LogP contribution < -0.4 is 0 Å². The summed E-state index contributed by atoms with van der Waals surface area (Å²) in [6, 6.07) is 8.23. The molecular formula is C18H22N4O3. The fourth-order valence-corrected chi connectivity index (χ4v) is 2.46. The van der Waals surface area contributed by atoms with Crippen molar-refractivity contribution in [3.05, 3.63) is 69.5 Å². The lowest BCUT2D eigenvalue weighted by atomic mass is 10.1. The minimum absolute atomic E-state index is 0.0190. The number of benzene rings is 1. The lowest BCUT2D eigenvalue weighted by Crippen LogP contribution is -2.36. The molecule has 1 heterocycles. The SMILES string of the molecule is Cc1cc(C(=O)N(CCN(C)C)Cc2ccncc2)ccc1[N+](=O)[O-]. The van der Waals surface area contributed by atoms with Crippen molar-refractivity contribution in [3.8, 4) is 0 Å². The molecule has 1 amide bonds. The van der Waals surface area contributed by atoms with E-state index in [2.05, 4.69) is 4.98 Å². The third kappa shape index (κ3) is 5.09. The maximum atomic E-state index is 12.9. The second-order valence-corrected chi connectivity index (χ2v) is 6.14. The largest absolute Gasteiger partial charge is 0.333 e. The minimum atomic E-state index is -0.440. The smallest absolute Gasteiger partial charge is 0.272 e. The molecule has 7 nitrogen and oxygen atoms in total. The summed E-state index contributed by atoms with van der Waals surface area (Å²) in [5.41, 5.74) is 1.94. The number of nitro benzene ring substituents is 1. The summed E-state index contributed by atoms with van der Waals surface area (Å²) in [5.74, 6) is -0.142. The molecule has 0 aliphatic carbocycles. The second kappa shape index (κ2) is 8.34. The Balaban J connectivity index is 2.24. The molecule has 1 aromatic carbocycles. The van der Waals surface area contributed by atoms with Crippen molar-refractivity contribution in [3.63, 3.8) is 0 Å². The fourth-order valence-electron chi connectivity index (χ4n) is 2.46. The topological polar surface area (TPSA) is 79.6 Å². The van der Waals surface area contributed by atoms with Crippen LogP contribution in [0.2, 0.25) is 0 Å². The van der Waals surface area contributed by atoms with Crippen molar-refractivity contribution in [1.29, 1.82) is 0 Å². The Morgan fingerprint density at radius 2 is 1.84 bits per heavy atom. The van der Waals surface area contributed by atoms with Crippen LogP contribution in [0.3, 0.4) is 0 Å². The average Bonchev–Trinajstić information content (AvgIpc) is 2.58. The van der Waals surface area contributed by atoms with Crippen molar-refractivity contribution >= 4 is 11.6 Å². The lowest BCUT2D eigenvalue weighted by molar-refractivity contribution is -0.385. The van der Waals surface area contributed by atoms with Crippen molar-refractivity contribution in [2.75, 3.05) is 27.2 Å². The third-order valence-corrected chi connectivity index (χ3v) is 3.87. The summed E-state index contributed by atoms with van der Waals surface area (Å²) in [5, 5.41) is 11.0. The molecule has 0 aliphatic heterocycles.